The van der Waals surface area contributed by atoms with E-state index in [0.29, 0.717) is 30.0 Å². The average molecular weight is 419 g/mol. The molecule has 2 rings (SSSR count). The van der Waals surface area contributed by atoms with Gasteiger partial charge in [0.05, 0.1) is 24.1 Å². The molecule has 0 bridgehead atoms. The summed E-state index contributed by atoms with van der Waals surface area (Å²) in [4.78, 5) is 24.1. The number of aryl methyl sites for hydroxylation is 1. The van der Waals surface area contributed by atoms with Crippen LogP contribution in [0.2, 0.25) is 0 Å². The predicted molar refractivity (Wildman–Crippen MR) is 114 cm³/mol. The number of carbonyl (C=O) groups is 2. The molecule has 0 fully saturated rings. The van der Waals surface area contributed by atoms with Crippen LogP contribution < -0.4 is 9.62 Å². The third kappa shape index (κ3) is 6.60. The molecular weight excluding hydrogens is 392 g/mol. The molecule has 0 radical (unpaired) electrons. The van der Waals surface area contributed by atoms with Gasteiger partial charge >= 0.3 is 5.97 Å². The number of esters is 1. The molecule has 29 heavy (non-hydrogen) atoms. The molecule has 0 aromatic heterocycles. The van der Waals surface area contributed by atoms with Crippen LogP contribution in [-0.2, 0) is 19.6 Å². The maximum absolute atomic E-state index is 12.3. The molecule has 0 aliphatic heterocycles. The fraction of sp³-hybridized carbons (Fsp3) is 0.333. The van der Waals surface area contributed by atoms with Crippen LogP contribution in [0.25, 0.3) is 0 Å². The lowest BCUT2D eigenvalue weighted by atomic mass is 10.1. The summed E-state index contributed by atoms with van der Waals surface area (Å²) in [6.45, 7) is 4.03. The standard InChI is InChI=1S/C21H26N2O5S/c1-4-28-21(25)17-12-13-19(16(2)15-17)22-20(24)11-8-14-23(29(3,26)27)18-9-6-5-7-10-18/h5-7,9-10,12-13,15H,4,8,11,14H2,1-3H3,(H,22,24). The highest BCUT2D eigenvalue weighted by molar-refractivity contribution is 7.92. The van der Waals surface area contributed by atoms with E-state index in [1.165, 1.54) is 4.31 Å². The normalized spacial score (nSPS) is 11.0. The molecule has 0 saturated heterocycles. The average Bonchev–Trinajstić information content (AvgIpc) is 2.66. The van der Waals surface area contributed by atoms with Crippen LogP contribution in [0.1, 0.15) is 35.7 Å². The van der Waals surface area contributed by atoms with Crippen molar-refractivity contribution in [2.75, 3.05) is 29.0 Å². The van der Waals surface area contributed by atoms with Crippen molar-refractivity contribution in [3.8, 4) is 0 Å². The van der Waals surface area contributed by atoms with Crippen molar-refractivity contribution in [1.82, 2.24) is 0 Å². The number of sulfonamides is 1. The minimum absolute atomic E-state index is 0.165. The van der Waals surface area contributed by atoms with E-state index in [4.69, 9.17) is 4.74 Å². The number of ether oxygens (including phenoxy) is 1. The molecule has 7 nitrogen and oxygen atoms in total. The van der Waals surface area contributed by atoms with E-state index in [-0.39, 0.29) is 18.9 Å². The maximum atomic E-state index is 12.3. The number of benzene rings is 2. The second kappa shape index (κ2) is 10.1. The summed E-state index contributed by atoms with van der Waals surface area (Å²) in [5.41, 5.74) is 2.34. The number of rotatable bonds is 9. The number of hydrogen-bond acceptors (Lipinski definition) is 5. The van der Waals surface area contributed by atoms with Crippen LogP contribution in [0, 0.1) is 6.92 Å². The molecule has 1 amide bonds. The molecule has 0 heterocycles. The van der Waals surface area contributed by atoms with Gasteiger partial charge in [0.25, 0.3) is 0 Å². The SMILES string of the molecule is CCOC(=O)c1ccc(NC(=O)CCCN(c2ccccc2)S(C)(=O)=O)c(C)c1. The molecule has 0 aliphatic carbocycles. The quantitative estimate of drug-likeness (QED) is 0.631. The van der Waals surface area contributed by atoms with E-state index < -0.39 is 16.0 Å². The number of amides is 1. The van der Waals surface area contributed by atoms with E-state index in [0.717, 1.165) is 11.8 Å². The first-order valence-corrected chi connectivity index (χ1v) is 11.2. The van der Waals surface area contributed by atoms with Gasteiger partial charge in [-0.1, -0.05) is 18.2 Å². The monoisotopic (exact) mass is 418 g/mol. The van der Waals surface area contributed by atoms with Crippen molar-refractivity contribution >= 4 is 33.3 Å². The van der Waals surface area contributed by atoms with Gasteiger partial charge in [-0.2, -0.15) is 0 Å². The molecule has 0 saturated carbocycles. The highest BCUT2D eigenvalue weighted by Crippen LogP contribution is 2.19. The molecule has 156 valence electrons. The first-order chi connectivity index (χ1) is 13.7. The van der Waals surface area contributed by atoms with Crippen molar-refractivity contribution < 1.29 is 22.7 Å². The van der Waals surface area contributed by atoms with Crippen LogP contribution in [0.15, 0.2) is 48.5 Å². The Hall–Kier alpha value is -2.87. The Morgan fingerprint density at radius 1 is 1.10 bits per heavy atom. The summed E-state index contributed by atoms with van der Waals surface area (Å²) < 4.78 is 30.4. The summed E-state index contributed by atoms with van der Waals surface area (Å²) in [6.07, 6.45) is 1.68. The topological polar surface area (TPSA) is 92.8 Å². The van der Waals surface area contributed by atoms with Crippen LogP contribution in [0.3, 0.4) is 0 Å². The molecule has 0 aliphatic rings. The van der Waals surface area contributed by atoms with Gasteiger partial charge in [0, 0.05) is 18.7 Å². The summed E-state index contributed by atoms with van der Waals surface area (Å²) >= 11 is 0. The molecule has 0 atom stereocenters. The Bertz CT molecular complexity index is 958. The Labute approximate surface area is 171 Å². The zero-order valence-electron chi connectivity index (χ0n) is 16.8. The highest BCUT2D eigenvalue weighted by Gasteiger charge is 2.17. The number of nitrogens with zero attached hydrogens (tertiary/aromatic N) is 1. The largest absolute Gasteiger partial charge is 0.462 e. The van der Waals surface area contributed by atoms with Gasteiger partial charge in [0.2, 0.25) is 15.9 Å². The first-order valence-electron chi connectivity index (χ1n) is 9.32. The van der Waals surface area contributed by atoms with Crippen molar-refractivity contribution in [3.05, 3.63) is 59.7 Å². The number of carbonyl (C=O) groups excluding carboxylic acids is 2. The van der Waals surface area contributed by atoms with Gasteiger partial charge in [0.1, 0.15) is 0 Å². The van der Waals surface area contributed by atoms with Gasteiger partial charge in [-0.05, 0) is 56.2 Å². The van der Waals surface area contributed by atoms with E-state index in [9.17, 15) is 18.0 Å². The maximum Gasteiger partial charge on any atom is 0.338 e. The van der Waals surface area contributed by atoms with Crippen LogP contribution in [0.4, 0.5) is 11.4 Å². The molecule has 0 unspecified atom stereocenters. The van der Waals surface area contributed by atoms with Crippen molar-refractivity contribution in [2.45, 2.75) is 26.7 Å². The number of para-hydroxylation sites is 1. The highest BCUT2D eigenvalue weighted by atomic mass is 32.2. The Balaban J connectivity index is 1.95. The Morgan fingerprint density at radius 3 is 2.38 bits per heavy atom. The smallest absolute Gasteiger partial charge is 0.338 e. The van der Waals surface area contributed by atoms with Gasteiger partial charge in [-0.3, -0.25) is 9.10 Å². The fourth-order valence-corrected chi connectivity index (χ4v) is 3.79. The van der Waals surface area contributed by atoms with Gasteiger partial charge in [-0.25, -0.2) is 13.2 Å². The van der Waals surface area contributed by atoms with Crippen molar-refractivity contribution in [3.63, 3.8) is 0 Å². The molecule has 1 N–H and O–H groups in total. The van der Waals surface area contributed by atoms with E-state index in [1.807, 2.05) is 6.07 Å². The minimum atomic E-state index is -3.44. The number of anilines is 2. The first kappa shape index (κ1) is 22.4. The summed E-state index contributed by atoms with van der Waals surface area (Å²) in [6, 6.07) is 13.7. The Kier molecular flexibility index (Phi) is 7.78. The van der Waals surface area contributed by atoms with Gasteiger partial charge in [-0.15, -0.1) is 0 Å². The third-order valence-electron chi connectivity index (χ3n) is 4.22. The van der Waals surface area contributed by atoms with Crippen molar-refractivity contribution in [2.24, 2.45) is 0 Å². The number of nitrogens with one attached hydrogen (secondary N) is 1. The fourth-order valence-electron chi connectivity index (χ4n) is 2.82. The Morgan fingerprint density at radius 2 is 1.79 bits per heavy atom. The lowest BCUT2D eigenvalue weighted by Gasteiger charge is -2.22. The summed E-state index contributed by atoms with van der Waals surface area (Å²) in [5, 5.41) is 2.80. The molecule has 2 aromatic carbocycles. The minimum Gasteiger partial charge on any atom is -0.462 e. The van der Waals surface area contributed by atoms with Gasteiger partial charge < -0.3 is 10.1 Å². The molecule has 8 heteroatoms. The molecule has 0 spiro atoms. The second-order valence-electron chi connectivity index (χ2n) is 6.57. The molecule has 2 aromatic rings. The lowest BCUT2D eigenvalue weighted by Crippen LogP contribution is -2.31. The van der Waals surface area contributed by atoms with Crippen LogP contribution >= 0.6 is 0 Å². The van der Waals surface area contributed by atoms with E-state index in [2.05, 4.69) is 5.32 Å². The van der Waals surface area contributed by atoms with Crippen LogP contribution in [-0.4, -0.2) is 39.7 Å². The summed E-state index contributed by atoms with van der Waals surface area (Å²) in [5.74, 6) is -0.631. The zero-order chi connectivity index (χ0) is 21.4. The predicted octanol–water partition coefficient (Wildman–Crippen LogP) is 3.36. The number of hydrogen-bond donors (Lipinski definition) is 1. The second-order valence-corrected chi connectivity index (χ2v) is 8.48. The molecular formula is C21H26N2O5S. The van der Waals surface area contributed by atoms with Gasteiger partial charge in [0.15, 0.2) is 0 Å². The lowest BCUT2D eigenvalue weighted by molar-refractivity contribution is -0.116. The van der Waals surface area contributed by atoms with Crippen LogP contribution in [0.5, 0.6) is 0 Å². The summed E-state index contributed by atoms with van der Waals surface area (Å²) in [7, 11) is -3.44. The van der Waals surface area contributed by atoms with E-state index in [1.54, 1.807) is 56.3 Å². The van der Waals surface area contributed by atoms with E-state index >= 15 is 0 Å². The van der Waals surface area contributed by atoms with Crippen molar-refractivity contribution in [1.29, 1.82) is 0 Å². The zero-order valence-corrected chi connectivity index (χ0v) is 17.7. The third-order valence-corrected chi connectivity index (χ3v) is 5.42.